The van der Waals surface area contributed by atoms with Crippen LogP contribution in [0.2, 0.25) is 0 Å². The van der Waals surface area contributed by atoms with Crippen LogP contribution in [0.4, 0.5) is 0 Å². The van der Waals surface area contributed by atoms with Crippen LogP contribution in [0.5, 0.6) is 0 Å². The van der Waals surface area contributed by atoms with Crippen molar-refractivity contribution < 1.29 is 14.6 Å². The highest BCUT2D eigenvalue weighted by Gasteiger charge is 2.36. The molecule has 28 heavy (non-hydrogen) atoms. The number of rotatable bonds is 7. The van der Waals surface area contributed by atoms with Crippen LogP contribution >= 0.6 is 0 Å². The number of aliphatic hydroxyl groups excluding tert-OH is 1. The lowest BCUT2D eigenvalue weighted by Crippen LogP contribution is -2.35. The van der Waals surface area contributed by atoms with E-state index in [-0.39, 0.29) is 35.3 Å². The smallest absolute Gasteiger partial charge is 0.259 e. The number of methoxy groups -OCH3 is 1. The fourth-order valence-corrected chi connectivity index (χ4v) is 3.99. The van der Waals surface area contributed by atoms with Gasteiger partial charge in [0, 0.05) is 57.4 Å². The molecular weight excluding hydrogens is 358 g/mol. The van der Waals surface area contributed by atoms with Gasteiger partial charge in [-0.25, -0.2) is 0 Å². The molecule has 0 unspecified atom stereocenters. The molecule has 1 aromatic carbocycles. The molecule has 0 radical (unpaired) electrons. The van der Waals surface area contributed by atoms with Crippen LogP contribution in [-0.2, 0) is 4.74 Å². The number of carbonyl (C=O) groups is 1. The van der Waals surface area contributed by atoms with Gasteiger partial charge in [0.15, 0.2) is 0 Å². The predicted molar refractivity (Wildman–Crippen MR) is 109 cm³/mol. The molecule has 1 fully saturated rings. The third-order valence-electron chi connectivity index (χ3n) is 5.67. The van der Waals surface area contributed by atoms with Crippen LogP contribution < -0.4 is 5.43 Å². The number of amides is 1. The van der Waals surface area contributed by atoms with Gasteiger partial charge in [-0.15, -0.1) is 0 Å². The summed E-state index contributed by atoms with van der Waals surface area (Å²) in [6.07, 6.45) is 1.52. The molecule has 2 heterocycles. The fourth-order valence-electron chi connectivity index (χ4n) is 3.99. The van der Waals surface area contributed by atoms with E-state index in [9.17, 15) is 14.7 Å². The van der Waals surface area contributed by atoms with Crippen molar-refractivity contribution in [1.82, 2.24) is 14.8 Å². The molecule has 1 aromatic heterocycles. The maximum absolute atomic E-state index is 13.1. The standard InChI is InChI=1S/C21H29N3O4/c1-14-5-4-6-17-19(14)22-9-18(20(17)26)21(27)24-11-15(16(12-24)13-25)10-23(2)7-8-28-3/h4-6,9,15-16,25H,7-8,10-13H2,1-3H3,(H,22,26)/t15-,16-/m1/s1. The van der Waals surface area contributed by atoms with Gasteiger partial charge < -0.3 is 24.6 Å². The summed E-state index contributed by atoms with van der Waals surface area (Å²) in [4.78, 5) is 32.9. The summed E-state index contributed by atoms with van der Waals surface area (Å²) in [7, 11) is 3.68. The SMILES string of the molecule is COCCN(C)C[C@@H]1CN(C(=O)c2c[nH]c3c(C)cccc3c2=O)C[C@@H]1CO. The molecular formula is C21H29N3O4. The van der Waals surface area contributed by atoms with Crippen LogP contribution in [-0.4, -0.2) is 79.3 Å². The maximum atomic E-state index is 13.1. The molecule has 0 aliphatic carbocycles. The first-order valence-corrected chi connectivity index (χ1v) is 9.64. The molecule has 2 N–H and O–H groups in total. The minimum Gasteiger partial charge on any atom is -0.396 e. The van der Waals surface area contributed by atoms with E-state index in [0.29, 0.717) is 25.1 Å². The topological polar surface area (TPSA) is 85.9 Å². The highest BCUT2D eigenvalue weighted by molar-refractivity contribution is 5.97. The van der Waals surface area contributed by atoms with Crippen LogP contribution in [0, 0.1) is 18.8 Å². The quantitative estimate of drug-likeness (QED) is 0.743. The number of fused-ring (bicyclic) bond motifs is 1. The van der Waals surface area contributed by atoms with Gasteiger partial charge >= 0.3 is 0 Å². The second-order valence-electron chi connectivity index (χ2n) is 7.70. The summed E-state index contributed by atoms with van der Waals surface area (Å²) in [6, 6.07) is 5.49. The Labute approximate surface area is 164 Å². The molecule has 152 valence electrons. The number of nitrogens with zero attached hydrogens (tertiary/aromatic N) is 2. The monoisotopic (exact) mass is 387 g/mol. The van der Waals surface area contributed by atoms with Crippen molar-refractivity contribution in [3.63, 3.8) is 0 Å². The molecule has 0 bridgehead atoms. The molecule has 7 nitrogen and oxygen atoms in total. The summed E-state index contributed by atoms with van der Waals surface area (Å²) in [5, 5.41) is 10.3. The average molecular weight is 387 g/mol. The Kier molecular flexibility index (Phi) is 6.49. The number of likely N-dealkylation sites (tertiary alicyclic amines) is 1. The van der Waals surface area contributed by atoms with E-state index in [1.807, 2.05) is 26.1 Å². The molecule has 1 aliphatic heterocycles. The molecule has 1 saturated heterocycles. The Morgan fingerprint density at radius 2 is 2.11 bits per heavy atom. The number of aromatic nitrogens is 1. The van der Waals surface area contributed by atoms with Gasteiger partial charge in [-0.05, 0) is 31.5 Å². The van der Waals surface area contributed by atoms with Crippen molar-refractivity contribution in [2.45, 2.75) is 6.92 Å². The number of nitrogens with one attached hydrogen (secondary N) is 1. The van der Waals surface area contributed by atoms with Crippen LogP contribution in [0.15, 0.2) is 29.2 Å². The van der Waals surface area contributed by atoms with Gasteiger partial charge in [-0.1, -0.05) is 12.1 Å². The lowest BCUT2D eigenvalue weighted by atomic mass is 9.96. The second-order valence-corrected chi connectivity index (χ2v) is 7.70. The number of hydrogen-bond donors (Lipinski definition) is 2. The van der Waals surface area contributed by atoms with Crippen molar-refractivity contribution in [3.8, 4) is 0 Å². The summed E-state index contributed by atoms with van der Waals surface area (Å²) >= 11 is 0. The number of hydrogen-bond acceptors (Lipinski definition) is 5. The van der Waals surface area contributed by atoms with E-state index in [1.165, 1.54) is 6.20 Å². The molecule has 3 rings (SSSR count). The largest absolute Gasteiger partial charge is 0.396 e. The van der Waals surface area contributed by atoms with E-state index in [0.717, 1.165) is 24.2 Å². The zero-order valence-corrected chi connectivity index (χ0v) is 16.8. The maximum Gasteiger partial charge on any atom is 0.259 e. The Bertz CT molecular complexity index is 895. The Balaban J connectivity index is 1.78. The number of H-pyrrole nitrogens is 1. The number of carbonyl (C=O) groups excluding carboxylic acids is 1. The lowest BCUT2D eigenvalue weighted by Gasteiger charge is -2.23. The number of aliphatic hydroxyl groups is 1. The highest BCUT2D eigenvalue weighted by atomic mass is 16.5. The molecule has 1 aliphatic rings. The van der Waals surface area contributed by atoms with Gasteiger partial charge in [0.2, 0.25) is 5.43 Å². The zero-order chi connectivity index (χ0) is 20.3. The third kappa shape index (κ3) is 4.11. The third-order valence-corrected chi connectivity index (χ3v) is 5.67. The fraction of sp³-hybridized carbons (Fsp3) is 0.524. The normalized spacial score (nSPS) is 19.7. The number of aromatic amines is 1. The van der Waals surface area contributed by atoms with Crippen molar-refractivity contribution in [3.05, 3.63) is 45.7 Å². The van der Waals surface area contributed by atoms with E-state index < -0.39 is 0 Å². The van der Waals surface area contributed by atoms with E-state index >= 15 is 0 Å². The van der Waals surface area contributed by atoms with Crippen molar-refractivity contribution in [2.24, 2.45) is 11.8 Å². The predicted octanol–water partition coefficient (Wildman–Crippen LogP) is 1.10. The van der Waals surface area contributed by atoms with Gasteiger partial charge in [-0.2, -0.15) is 0 Å². The van der Waals surface area contributed by atoms with Crippen LogP contribution in [0.3, 0.4) is 0 Å². The van der Waals surface area contributed by atoms with Crippen molar-refractivity contribution in [1.29, 1.82) is 0 Å². The summed E-state index contributed by atoms with van der Waals surface area (Å²) < 4.78 is 5.11. The zero-order valence-electron chi connectivity index (χ0n) is 16.8. The Morgan fingerprint density at radius 3 is 2.82 bits per heavy atom. The minimum absolute atomic E-state index is 0.00993. The lowest BCUT2D eigenvalue weighted by molar-refractivity contribution is 0.0777. The minimum atomic E-state index is -0.273. The molecule has 2 atom stereocenters. The van der Waals surface area contributed by atoms with E-state index in [1.54, 1.807) is 18.1 Å². The van der Waals surface area contributed by atoms with Gasteiger partial charge in [-0.3, -0.25) is 9.59 Å². The molecule has 0 spiro atoms. The van der Waals surface area contributed by atoms with Gasteiger partial charge in [0.1, 0.15) is 5.56 Å². The summed E-state index contributed by atoms with van der Waals surface area (Å²) in [6.45, 7) is 5.16. The average Bonchev–Trinajstić information content (AvgIpc) is 3.09. The van der Waals surface area contributed by atoms with Crippen LogP contribution in [0.1, 0.15) is 15.9 Å². The van der Waals surface area contributed by atoms with Crippen molar-refractivity contribution in [2.75, 3.05) is 53.6 Å². The summed E-state index contributed by atoms with van der Waals surface area (Å²) in [5.41, 5.74) is 1.64. The number of aryl methyl sites for hydroxylation is 1. The van der Waals surface area contributed by atoms with Crippen molar-refractivity contribution >= 4 is 16.8 Å². The Morgan fingerprint density at radius 1 is 1.36 bits per heavy atom. The Hall–Kier alpha value is -2.22. The number of likely N-dealkylation sites (N-methyl/N-ethyl adjacent to an activating group) is 1. The molecule has 0 saturated carbocycles. The van der Waals surface area contributed by atoms with Crippen LogP contribution in [0.25, 0.3) is 10.9 Å². The molecule has 7 heteroatoms. The first-order valence-electron chi connectivity index (χ1n) is 9.64. The number of benzene rings is 1. The first-order chi connectivity index (χ1) is 13.5. The van der Waals surface area contributed by atoms with Gasteiger partial charge in [0.25, 0.3) is 5.91 Å². The van der Waals surface area contributed by atoms with E-state index in [2.05, 4.69) is 9.88 Å². The van der Waals surface area contributed by atoms with Gasteiger partial charge in [0.05, 0.1) is 12.1 Å². The summed E-state index contributed by atoms with van der Waals surface area (Å²) in [5.74, 6) is -0.0986. The molecule has 1 amide bonds. The molecule has 2 aromatic rings. The van der Waals surface area contributed by atoms with E-state index in [4.69, 9.17) is 4.74 Å². The number of para-hydroxylation sites is 1. The number of pyridine rings is 1. The first kappa shape index (κ1) is 20.5. The number of ether oxygens (including phenoxy) is 1. The highest BCUT2D eigenvalue weighted by Crippen LogP contribution is 2.25. The second kappa shape index (κ2) is 8.86.